The summed E-state index contributed by atoms with van der Waals surface area (Å²) in [5, 5.41) is -0.636. The largest absolute Gasteiger partial charge is 0.216 e. The van der Waals surface area contributed by atoms with Crippen LogP contribution < -0.4 is 0 Å². The van der Waals surface area contributed by atoms with Crippen LogP contribution in [-0.2, 0) is 0 Å². The third-order valence-corrected chi connectivity index (χ3v) is 1.70. The van der Waals surface area contributed by atoms with Crippen molar-refractivity contribution < 1.29 is 4.39 Å². The molecule has 0 spiro atoms. The summed E-state index contributed by atoms with van der Waals surface area (Å²) in [5.41, 5.74) is 0. The van der Waals surface area contributed by atoms with E-state index >= 15 is 0 Å². The Bertz CT molecular complexity index is 81.4. The van der Waals surface area contributed by atoms with E-state index in [-0.39, 0.29) is 0 Å². The summed E-state index contributed by atoms with van der Waals surface area (Å²) in [4.78, 5) is -0.747. The zero-order chi connectivity index (χ0) is 6.57. The van der Waals surface area contributed by atoms with Gasteiger partial charge in [0.15, 0.2) is 0 Å². The molecular formula is C4H4Cl3F. The molecule has 0 aromatic rings. The van der Waals surface area contributed by atoms with Gasteiger partial charge in [-0.1, -0.05) is 0 Å². The summed E-state index contributed by atoms with van der Waals surface area (Å²) >= 11 is 15.8. The molecule has 0 nitrogen and oxygen atoms in total. The van der Waals surface area contributed by atoms with Gasteiger partial charge >= 0.3 is 0 Å². The lowest BCUT2D eigenvalue weighted by Gasteiger charge is -2.00. The van der Waals surface area contributed by atoms with Gasteiger partial charge in [-0.05, 0) is 6.08 Å². The van der Waals surface area contributed by atoms with Crippen molar-refractivity contribution in [1.29, 1.82) is 0 Å². The second-order valence-electron chi connectivity index (χ2n) is 1.10. The van der Waals surface area contributed by atoms with Crippen LogP contribution in [0.5, 0.6) is 0 Å². The molecule has 0 aliphatic carbocycles. The fraction of sp³-hybridized carbons (Fsp3) is 0.500. The highest BCUT2D eigenvalue weighted by Crippen LogP contribution is 2.14. The smallest absolute Gasteiger partial charge is 0.127 e. The lowest BCUT2D eigenvalue weighted by atomic mass is 10.5. The maximum Gasteiger partial charge on any atom is 0.127 e. The second kappa shape index (κ2) is 4.42. The molecule has 0 saturated heterocycles. The SMILES string of the molecule is FC=CC(Cl)C(Cl)Cl. The first-order valence-electron chi connectivity index (χ1n) is 1.87. The summed E-state index contributed by atoms with van der Waals surface area (Å²) < 4.78 is 11.2. The van der Waals surface area contributed by atoms with Gasteiger partial charge in [-0.2, -0.15) is 0 Å². The number of rotatable bonds is 2. The molecule has 4 heteroatoms. The first-order chi connectivity index (χ1) is 3.68. The first kappa shape index (κ1) is 8.54. The molecule has 1 unspecified atom stereocenters. The molecule has 0 rings (SSSR count). The number of alkyl halides is 3. The monoisotopic (exact) mass is 176 g/mol. The van der Waals surface area contributed by atoms with E-state index in [9.17, 15) is 4.39 Å². The standard InChI is InChI=1S/C4H4Cl3F/c5-3(1-2-8)4(6)7/h1-4H. The van der Waals surface area contributed by atoms with Crippen molar-refractivity contribution in [1.82, 2.24) is 0 Å². The summed E-state index contributed by atoms with van der Waals surface area (Å²) in [6.45, 7) is 0. The fourth-order valence-electron chi connectivity index (χ4n) is 0.153. The highest BCUT2D eigenvalue weighted by Gasteiger charge is 2.08. The van der Waals surface area contributed by atoms with E-state index in [2.05, 4.69) is 0 Å². The Morgan fingerprint density at radius 1 is 1.25 bits per heavy atom. The van der Waals surface area contributed by atoms with Gasteiger partial charge in [0.25, 0.3) is 0 Å². The molecule has 8 heavy (non-hydrogen) atoms. The molecule has 0 aromatic heterocycles. The van der Waals surface area contributed by atoms with Gasteiger partial charge in [0.05, 0.1) is 11.7 Å². The zero-order valence-corrected chi connectivity index (χ0v) is 6.09. The van der Waals surface area contributed by atoms with Crippen molar-refractivity contribution in [3.8, 4) is 0 Å². The molecule has 0 fully saturated rings. The van der Waals surface area contributed by atoms with Crippen LogP contribution in [0.15, 0.2) is 12.4 Å². The van der Waals surface area contributed by atoms with Crippen LogP contribution in [0.3, 0.4) is 0 Å². The summed E-state index contributed by atoms with van der Waals surface area (Å²) in [6.07, 6.45) is 1.39. The van der Waals surface area contributed by atoms with E-state index in [0.717, 1.165) is 6.08 Å². The Balaban J connectivity index is 3.47. The molecule has 0 aromatic carbocycles. The highest BCUT2D eigenvalue weighted by atomic mass is 35.5. The van der Waals surface area contributed by atoms with E-state index < -0.39 is 10.2 Å². The minimum absolute atomic E-state index is 0.315. The molecular weight excluding hydrogens is 173 g/mol. The summed E-state index contributed by atoms with van der Waals surface area (Å²) in [6, 6.07) is 0. The average Bonchev–Trinajstić information content (AvgIpc) is 1.67. The maximum atomic E-state index is 11.2. The minimum Gasteiger partial charge on any atom is -0.216 e. The molecule has 0 bridgehead atoms. The van der Waals surface area contributed by atoms with Crippen LogP contribution in [0.2, 0.25) is 0 Å². The molecule has 0 radical (unpaired) electrons. The van der Waals surface area contributed by atoms with Gasteiger partial charge in [-0.25, -0.2) is 4.39 Å². The summed E-state index contributed by atoms with van der Waals surface area (Å²) in [7, 11) is 0. The lowest BCUT2D eigenvalue weighted by molar-refractivity contribution is 0.715. The minimum atomic E-state index is -0.747. The molecule has 48 valence electrons. The second-order valence-corrected chi connectivity index (χ2v) is 2.77. The Hall–Kier alpha value is 0.540. The molecule has 0 aliphatic rings. The molecule has 0 heterocycles. The first-order valence-corrected chi connectivity index (χ1v) is 3.18. The van der Waals surface area contributed by atoms with Crippen LogP contribution in [0.1, 0.15) is 0 Å². The maximum absolute atomic E-state index is 11.2. The molecule has 1 atom stereocenters. The Kier molecular flexibility index (Phi) is 4.72. The van der Waals surface area contributed by atoms with Gasteiger partial charge < -0.3 is 0 Å². The third-order valence-electron chi connectivity index (χ3n) is 0.497. The quantitative estimate of drug-likeness (QED) is 0.569. The molecule has 0 N–H and O–H groups in total. The Morgan fingerprint density at radius 2 is 1.75 bits per heavy atom. The van der Waals surface area contributed by atoms with Crippen molar-refractivity contribution in [2.75, 3.05) is 0 Å². The van der Waals surface area contributed by atoms with Gasteiger partial charge in [0.2, 0.25) is 0 Å². The number of allylic oxidation sites excluding steroid dienone is 1. The van der Waals surface area contributed by atoms with E-state index in [0.29, 0.717) is 6.33 Å². The number of hydrogen-bond acceptors (Lipinski definition) is 0. The molecule has 0 aliphatic heterocycles. The van der Waals surface area contributed by atoms with Crippen molar-refractivity contribution >= 4 is 34.8 Å². The van der Waals surface area contributed by atoms with E-state index in [1.54, 1.807) is 0 Å². The van der Waals surface area contributed by atoms with Gasteiger partial charge in [-0.3, -0.25) is 0 Å². The van der Waals surface area contributed by atoms with Gasteiger partial charge in [0.1, 0.15) is 4.84 Å². The fourth-order valence-corrected chi connectivity index (χ4v) is 0.376. The Morgan fingerprint density at radius 3 is 1.88 bits per heavy atom. The van der Waals surface area contributed by atoms with Crippen molar-refractivity contribution in [3.63, 3.8) is 0 Å². The topological polar surface area (TPSA) is 0 Å². The normalized spacial score (nSPS) is 15.6. The van der Waals surface area contributed by atoms with Crippen LogP contribution in [0.4, 0.5) is 4.39 Å². The van der Waals surface area contributed by atoms with Crippen LogP contribution >= 0.6 is 34.8 Å². The summed E-state index contributed by atoms with van der Waals surface area (Å²) in [5.74, 6) is 0. The average molecular weight is 177 g/mol. The Labute approximate surface area is 62.2 Å². The highest BCUT2D eigenvalue weighted by molar-refractivity contribution is 6.48. The third kappa shape index (κ3) is 3.53. The van der Waals surface area contributed by atoms with Gasteiger partial charge in [-0.15, -0.1) is 34.8 Å². The zero-order valence-electron chi connectivity index (χ0n) is 3.82. The van der Waals surface area contributed by atoms with E-state index in [1.165, 1.54) is 0 Å². The van der Waals surface area contributed by atoms with Crippen LogP contribution in [-0.4, -0.2) is 10.2 Å². The van der Waals surface area contributed by atoms with E-state index in [1.807, 2.05) is 0 Å². The van der Waals surface area contributed by atoms with Crippen molar-refractivity contribution in [2.24, 2.45) is 0 Å². The molecule has 0 amide bonds. The van der Waals surface area contributed by atoms with Gasteiger partial charge in [0, 0.05) is 0 Å². The van der Waals surface area contributed by atoms with Crippen molar-refractivity contribution in [3.05, 3.63) is 12.4 Å². The molecule has 0 saturated carbocycles. The predicted octanol–water partition coefficient (Wildman–Crippen LogP) is 2.88. The number of halogens is 4. The van der Waals surface area contributed by atoms with Crippen LogP contribution in [0, 0.1) is 0 Å². The van der Waals surface area contributed by atoms with Crippen LogP contribution in [0.25, 0.3) is 0 Å². The lowest BCUT2D eigenvalue weighted by Crippen LogP contribution is -2.02. The van der Waals surface area contributed by atoms with Crippen molar-refractivity contribution in [2.45, 2.75) is 10.2 Å². The predicted molar refractivity (Wildman–Crippen MR) is 35.4 cm³/mol. The van der Waals surface area contributed by atoms with E-state index in [4.69, 9.17) is 34.8 Å². The number of hydrogen-bond donors (Lipinski definition) is 0.